The van der Waals surface area contributed by atoms with E-state index >= 15 is 0 Å². The maximum absolute atomic E-state index is 12.4. The minimum absolute atomic E-state index is 0.0202. The molecule has 0 spiro atoms. The minimum atomic E-state index is -0.529. The van der Waals surface area contributed by atoms with Gasteiger partial charge in [0.25, 0.3) is 0 Å². The van der Waals surface area contributed by atoms with Crippen molar-refractivity contribution in [2.24, 2.45) is 11.8 Å². The molecule has 0 aromatic heterocycles. The standard InChI is InChI=1S/C20H38N2O5S/c1-6-26-10-9-22-20(25)18(28-12-7-17(23)16(4)5)13-19(24)21-8-11-27-14-15(2)3/h15-16,18H,6-14H2,1-5H3,(H,21,24)(H,22,25). The number of hydrogen-bond donors (Lipinski definition) is 2. The Hall–Kier alpha value is -1.12. The predicted molar refractivity (Wildman–Crippen MR) is 113 cm³/mol. The molecule has 0 saturated carbocycles. The number of ether oxygens (including phenoxy) is 2. The second-order valence-electron chi connectivity index (χ2n) is 7.24. The summed E-state index contributed by atoms with van der Waals surface area (Å²) in [6, 6.07) is 0. The smallest absolute Gasteiger partial charge is 0.233 e. The molecule has 0 fully saturated rings. The third-order valence-corrected chi connectivity index (χ3v) is 4.97. The molecular formula is C20H38N2O5S. The zero-order valence-corrected chi connectivity index (χ0v) is 18.9. The Morgan fingerprint density at radius 3 is 2.21 bits per heavy atom. The van der Waals surface area contributed by atoms with Crippen molar-refractivity contribution in [2.75, 3.05) is 45.3 Å². The Kier molecular flexibility index (Phi) is 16.1. The van der Waals surface area contributed by atoms with Crippen LogP contribution in [-0.2, 0) is 23.9 Å². The summed E-state index contributed by atoms with van der Waals surface area (Å²) in [6.45, 7) is 12.7. The Morgan fingerprint density at radius 1 is 0.964 bits per heavy atom. The molecule has 0 aromatic rings. The summed E-state index contributed by atoms with van der Waals surface area (Å²) in [5, 5.41) is 5.06. The van der Waals surface area contributed by atoms with Crippen LogP contribution in [0.3, 0.4) is 0 Å². The second-order valence-corrected chi connectivity index (χ2v) is 8.55. The number of thioether (sulfide) groups is 1. The number of ketones is 1. The Morgan fingerprint density at radius 2 is 1.61 bits per heavy atom. The summed E-state index contributed by atoms with van der Waals surface area (Å²) in [5.74, 6) is 0.716. The lowest BCUT2D eigenvalue weighted by Crippen LogP contribution is -2.39. The number of rotatable bonds is 17. The van der Waals surface area contributed by atoms with Crippen LogP contribution >= 0.6 is 11.8 Å². The van der Waals surface area contributed by atoms with Gasteiger partial charge in [0, 0.05) is 50.8 Å². The average molecular weight is 419 g/mol. The van der Waals surface area contributed by atoms with E-state index in [-0.39, 0.29) is 29.9 Å². The molecule has 2 amide bonds. The Bertz CT molecular complexity index is 458. The Labute approximate surface area is 174 Å². The van der Waals surface area contributed by atoms with Gasteiger partial charge in [-0.1, -0.05) is 27.7 Å². The number of nitrogens with one attached hydrogen (secondary N) is 2. The fourth-order valence-corrected chi connectivity index (χ4v) is 3.25. The molecule has 7 nitrogen and oxygen atoms in total. The van der Waals surface area contributed by atoms with Crippen molar-refractivity contribution in [1.29, 1.82) is 0 Å². The van der Waals surface area contributed by atoms with Crippen LogP contribution in [0.4, 0.5) is 0 Å². The molecule has 0 rings (SSSR count). The van der Waals surface area contributed by atoms with Crippen LogP contribution in [0.1, 0.15) is 47.5 Å². The minimum Gasteiger partial charge on any atom is -0.380 e. The van der Waals surface area contributed by atoms with Crippen LogP contribution < -0.4 is 10.6 Å². The summed E-state index contributed by atoms with van der Waals surface area (Å²) in [5.41, 5.74) is 0. The molecule has 1 unspecified atom stereocenters. The van der Waals surface area contributed by atoms with Crippen molar-refractivity contribution in [3.63, 3.8) is 0 Å². The molecule has 0 bridgehead atoms. The molecule has 0 radical (unpaired) electrons. The highest BCUT2D eigenvalue weighted by atomic mass is 32.2. The van der Waals surface area contributed by atoms with Gasteiger partial charge < -0.3 is 20.1 Å². The van der Waals surface area contributed by atoms with Gasteiger partial charge in [-0.2, -0.15) is 0 Å². The van der Waals surface area contributed by atoms with Crippen LogP contribution in [0, 0.1) is 11.8 Å². The average Bonchev–Trinajstić information content (AvgIpc) is 2.63. The van der Waals surface area contributed by atoms with Gasteiger partial charge in [0.15, 0.2) is 0 Å². The molecule has 164 valence electrons. The van der Waals surface area contributed by atoms with Crippen LogP contribution in [-0.4, -0.2) is 68.1 Å². The highest BCUT2D eigenvalue weighted by Gasteiger charge is 2.22. The number of carbonyl (C=O) groups is 3. The van der Waals surface area contributed by atoms with Crippen molar-refractivity contribution < 1.29 is 23.9 Å². The molecule has 8 heteroatoms. The normalized spacial score (nSPS) is 12.2. The molecule has 1 atom stereocenters. The lowest BCUT2D eigenvalue weighted by molar-refractivity contribution is -0.126. The maximum Gasteiger partial charge on any atom is 0.233 e. The first-order chi connectivity index (χ1) is 13.3. The van der Waals surface area contributed by atoms with Crippen LogP contribution in [0.15, 0.2) is 0 Å². The molecule has 2 N–H and O–H groups in total. The van der Waals surface area contributed by atoms with E-state index in [1.165, 1.54) is 11.8 Å². The molecule has 0 aliphatic heterocycles. The summed E-state index contributed by atoms with van der Waals surface area (Å²) in [4.78, 5) is 36.4. The van der Waals surface area contributed by atoms with Gasteiger partial charge in [-0.15, -0.1) is 11.8 Å². The molecular weight excluding hydrogens is 380 g/mol. The van der Waals surface area contributed by atoms with E-state index in [1.807, 2.05) is 20.8 Å². The van der Waals surface area contributed by atoms with E-state index in [2.05, 4.69) is 24.5 Å². The lowest BCUT2D eigenvalue weighted by atomic mass is 10.1. The third kappa shape index (κ3) is 14.9. The molecule has 0 aliphatic carbocycles. The van der Waals surface area contributed by atoms with Gasteiger partial charge >= 0.3 is 0 Å². The number of hydrogen-bond acceptors (Lipinski definition) is 6. The van der Waals surface area contributed by atoms with Crippen LogP contribution in [0.25, 0.3) is 0 Å². The fourth-order valence-electron chi connectivity index (χ4n) is 2.14. The van der Waals surface area contributed by atoms with Gasteiger partial charge in [-0.05, 0) is 12.8 Å². The van der Waals surface area contributed by atoms with Crippen molar-refractivity contribution >= 4 is 29.4 Å². The molecule has 28 heavy (non-hydrogen) atoms. The van der Waals surface area contributed by atoms with E-state index in [0.29, 0.717) is 57.6 Å². The number of carbonyl (C=O) groups excluding carboxylic acids is 3. The quantitative estimate of drug-likeness (QED) is 0.351. The topological polar surface area (TPSA) is 93.7 Å². The van der Waals surface area contributed by atoms with E-state index in [9.17, 15) is 14.4 Å². The van der Waals surface area contributed by atoms with Crippen LogP contribution in [0.5, 0.6) is 0 Å². The monoisotopic (exact) mass is 418 g/mol. The van der Waals surface area contributed by atoms with Gasteiger partial charge in [0.1, 0.15) is 5.78 Å². The first-order valence-corrected chi connectivity index (χ1v) is 11.2. The van der Waals surface area contributed by atoms with Gasteiger partial charge in [-0.25, -0.2) is 0 Å². The van der Waals surface area contributed by atoms with Gasteiger partial charge in [0.2, 0.25) is 11.8 Å². The number of amides is 2. The summed E-state index contributed by atoms with van der Waals surface area (Å²) >= 11 is 1.35. The highest BCUT2D eigenvalue weighted by molar-refractivity contribution is 8.00. The molecule has 0 aliphatic rings. The van der Waals surface area contributed by atoms with Crippen LogP contribution in [0.2, 0.25) is 0 Å². The fraction of sp³-hybridized carbons (Fsp3) is 0.850. The van der Waals surface area contributed by atoms with Gasteiger partial charge in [-0.3, -0.25) is 14.4 Å². The van der Waals surface area contributed by atoms with E-state index in [0.717, 1.165) is 0 Å². The number of Topliss-reactive ketones (excluding diaryl/α,β-unsaturated/α-hetero) is 1. The molecule has 0 aromatic carbocycles. The van der Waals surface area contributed by atoms with E-state index in [1.54, 1.807) is 0 Å². The highest BCUT2D eigenvalue weighted by Crippen LogP contribution is 2.17. The first-order valence-electron chi connectivity index (χ1n) is 10.1. The largest absolute Gasteiger partial charge is 0.380 e. The molecule has 0 heterocycles. The van der Waals surface area contributed by atoms with Gasteiger partial charge in [0.05, 0.1) is 18.5 Å². The van der Waals surface area contributed by atoms with E-state index < -0.39 is 5.25 Å². The van der Waals surface area contributed by atoms with Crippen molar-refractivity contribution in [3.8, 4) is 0 Å². The first kappa shape index (κ1) is 26.9. The van der Waals surface area contributed by atoms with Crippen molar-refractivity contribution in [1.82, 2.24) is 10.6 Å². The van der Waals surface area contributed by atoms with Crippen molar-refractivity contribution in [2.45, 2.75) is 52.7 Å². The Balaban J connectivity index is 4.42. The summed E-state index contributed by atoms with van der Waals surface area (Å²) < 4.78 is 10.7. The second kappa shape index (κ2) is 16.8. The lowest BCUT2D eigenvalue weighted by Gasteiger charge is -2.17. The zero-order chi connectivity index (χ0) is 21.4. The van der Waals surface area contributed by atoms with Crippen molar-refractivity contribution in [3.05, 3.63) is 0 Å². The predicted octanol–water partition coefficient (Wildman–Crippen LogP) is 2.04. The zero-order valence-electron chi connectivity index (χ0n) is 18.0. The summed E-state index contributed by atoms with van der Waals surface area (Å²) in [7, 11) is 0. The SMILES string of the molecule is CCOCCNC(=O)C(CC(=O)NCCOCC(C)C)SCCC(=O)C(C)C. The molecule has 0 saturated heterocycles. The summed E-state index contributed by atoms with van der Waals surface area (Å²) in [6.07, 6.45) is 0.473. The third-order valence-electron chi connectivity index (χ3n) is 3.74. The van der Waals surface area contributed by atoms with E-state index in [4.69, 9.17) is 9.47 Å². The maximum atomic E-state index is 12.4.